The summed E-state index contributed by atoms with van der Waals surface area (Å²) in [4.78, 5) is 4.90. The van der Waals surface area contributed by atoms with E-state index in [0.717, 1.165) is 4.88 Å². The van der Waals surface area contributed by atoms with Crippen LogP contribution in [0.4, 0.5) is 5.82 Å². The molecule has 16 heteroatoms. The molecule has 2 aromatic rings. The number of anilines is 1. The molecule has 0 aromatic carbocycles. The topological polar surface area (TPSA) is 251 Å². The van der Waals surface area contributed by atoms with Gasteiger partial charge in [-0.3, -0.25) is 0 Å². The minimum absolute atomic E-state index is 0.102. The Labute approximate surface area is 170 Å². The van der Waals surface area contributed by atoms with Crippen LogP contribution in [0.15, 0.2) is 11.7 Å². The Balaban J connectivity index is 0.000000702. The average Bonchev–Trinajstić information content (AvgIpc) is 2.89. The highest BCUT2D eigenvalue weighted by Crippen LogP contribution is 2.12. The third kappa shape index (κ3) is 12.2. The maximum atomic E-state index is 9.24. The minimum Gasteiger partial charge on any atom is -0.391 e. The van der Waals surface area contributed by atoms with Crippen molar-refractivity contribution < 1.29 is 74.7 Å². The minimum atomic E-state index is -4.94. The van der Waals surface area contributed by atoms with Gasteiger partial charge in [0.15, 0.2) is 12.2 Å². The summed E-state index contributed by atoms with van der Waals surface area (Å²) >= 11 is 1.32. The van der Waals surface area contributed by atoms with Gasteiger partial charge in [0.05, 0.1) is 13.7 Å². The van der Waals surface area contributed by atoms with Crippen molar-refractivity contribution in [1.82, 2.24) is 4.98 Å². The highest BCUT2D eigenvalue weighted by Gasteiger charge is 2.20. The lowest BCUT2D eigenvalue weighted by molar-refractivity contribution is -2.00. The second-order valence-corrected chi connectivity index (χ2v) is 7.28. The molecule has 0 amide bonds. The average molecular weight is 467 g/mol. The molecule has 0 aliphatic rings. The first-order chi connectivity index (χ1) is 13.3. The molecule has 2 heterocycles. The Bertz CT molecular complexity index is 822. The molecule has 0 unspecified atom stereocenters. The number of nitrogens with zero attached hydrogens (tertiary/aromatic N) is 3. The fourth-order valence-electron chi connectivity index (χ4n) is 1.56. The summed E-state index contributed by atoms with van der Waals surface area (Å²) < 4.78 is 87.9. The van der Waals surface area contributed by atoms with E-state index < -0.39 is 27.0 Å². The van der Waals surface area contributed by atoms with Gasteiger partial charge >= 0.3 is 0 Å². The highest BCUT2D eigenvalue weighted by molar-refractivity contribution is 7.09. The lowest BCUT2D eigenvalue weighted by atomic mass is 10.3. The van der Waals surface area contributed by atoms with E-state index in [1.54, 1.807) is 30.2 Å². The van der Waals surface area contributed by atoms with Crippen LogP contribution in [0.2, 0.25) is 0 Å². The van der Waals surface area contributed by atoms with E-state index in [0.29, 0.717) is 17.1 Å². The standard InChI is InChI=1S/C12H17N4OS.2ClHO4/c1-8-11(6-17)18-7-16(8)5-10-4-15(3)9(2)14-12(10)13;2*2-1(3,4)5/h4,7,13,17H,5-6H2,1-3H3;2*(H,2,3,4,5)/q+1;;/p-1/i5D2;;. The second kappa shape index (κ2) is 11.1. The number of thiazole rings is 1. The largest absolute Gasteiger partial charge is 0.391 e. The molecule has 13 nitrogen and oxygen atoms in total. The van der Waals surface area contributed by atoms with Crippen molar-refractivity contribution in [2.24, 2.45) is 7.05 Å². The zero-order valence-corrected chi connectivity index (χ0v) is 17.0. The Morgan fingerprint density at radius 3 is 2.00 bits per heavy atom. The molecule has 0 bridgehead atoms. The maximum absolute atomic E-state index is 9.24. The number of nitrogen functional groups attached to an aromatic ring is 1. The quantitative estimate of drug-likeness (QED) is 0.401. The first-order valence-corrected chi connectivity index (χ1v) is 10.1. The Hall–Kier alpha value is -1.27. The number of hydrogen-bond donors (Lipinski definition) is 2. The van der Waals surface area contributed by atoms with Crippen LogP contribution in [0.1, 0.15) is 24.7 Å². The van der Waals surface area contributed by atoms with Crippen molar-refractivity contribution in [3.05, 3.63) is 33.7 Å². The van der Waals surface area contributed by atoms with E-state index in [-0.39, 0.29) is 12.4 Å². The molecule has 0 aliphatic carbocycles. The fraction of sp³-hybridized carbons (Fsp3) is 0.417. The molecule has 0 spiro atoms. The summed E-state index contributed by atoms with van der Waals surface area (Å²) in [5.74, 6) is 0.888. The zero-order chi connectivity index (χ0) is 24.1. The normalized spacial score (nSPS) is 12.9. The number of rotatable bonds is 3. The van der Waals surface area contributed by atoms with Crippen LogP contribution in [0, 0.1) is 34.3 Å². The molecular weight excluding hydrogens is 447 g/mol. The molecule has 3 N–H and O–H groups in total. The lowest BCUT2D eigenvalue weighted by Crippen LogP contribution is -2.68. The van der Waals surface area contributed by atoms with Gasteiger partial charge in [0.2, 0.25) is 5.51 Å². The van der Waals surface area contributed by atoms with Gasteiger partial charge in [-0.05, 0) is 4.98 Å². The van der Waals surface area contributed by atoms with E-state index in [4.69, 9.17) is 45.7 Å². The zero-order valence-electron chi connectivity index (χ0n) is 16.7. The summed E-state index contributed by atoms with van der Waals surface area (Å²) in [6.45, 7) is 1.66. The van der Waals surface area contributed by atoms with Crippen LogP contribution in [-0.4, -0.2) is 10.1 Å². The van der Waals surface area contributed by atoms with Gasteiger partial charge in [0, 0.05) is 13.8 Å². The first-order valence-electron chi connectivity index (χ1n) is 7.75. The van der Waals surface area contributed by atoms with Crippen molar-refractivity contribution >= 4 is 17.2 Å². The van der Waals surface area contributed by atoms with E-state index in [9.17, 15) is 5.11 Å². The Morgan fingerprint density at radius 1 is 1.14 bits per heavy atom. The fourth-order valence-corrected chi connectivity index (χ4v) is 2.35. The number of aryl methyl sites for hydroxylation is 2. The number of aliphatic hydroxyl groups is 1. The van der Waals surface area contributed by atoms with Crippen molar-refractivity contribution in [1.29, 1.82) is 0 Å². The van der Waals surface area contributed by atoms with Crippen molar-refractivity contribution in [3.63, 3.8) is 0 Å². The molecule has 0 saturated carbocycles. The Kier molecular flexibility index (Phi) is 9.09. The van der Waals surface area contributed by atoms with E-state index in [1.165, 1.54) is 15.9 Å². The number of aliphatic hydroxyl groups excluding tert-OH is 1. The summed E-state index contributed by atoms with van der Waals surface area (Å²) in [5.41, 5.74) is 8.52. The molecule has 0 saturated heterocycles. The Morgan fingerprint density at radius 2 is 1.61 bits per heavy atom. The smallest absolute Gasteiger partial charge is 0.297 e. The summed E-state index contributed by atoms with van der Waals surface area (Å²) in [6.07, 6.45) is 1.65. The third-order valence-electron chi connectivity index (χ3n) is 2.84. The van der Waals surface area contributed by atoms with Crippen molar-refractivity contribution in [2.75, 3.05) is 5.73 Å². The van der Waals surface area contributed by atoms with Gasteiger partial charge in [-0.2, -0.15) is 4.57 Å². The molecule has 0 aliphatic heterocycles. The van der Waals surface area contributed by atoms with E-state index in [1.807, 2.05) is 6.92 Å². The highest BCUT2D eigenvalue weighted by atomic mass is 35.7. The number of aromatic nitrogens is 3. The van der Waals surface area contributed by atoms with Crippen LogP contribution in [0.25, 0.3) is 0 Å². The molecule has 2 rings (SSSR count). The van der Waals surface area contributed by atoms with E-state index >= 15 is 0 Å². The lowest BCUT2D eigenvalue weighted by Gasteiger charge is -2.17. The molecule has 0 radical (unpaired) electrons. The molecule has 28 heavy (non-hydrogen) atoms. The second-order valence-electron chi connectivity index (χ2n) is 4.83. The maximum Gasteiger partial charge on any atom is 0.297 e. The number of hydrogen-bond acceptors (Lipinski definition) is 12. The summed E-state index contributed by atoms with van der Waals surface area (Å²) in [6, 6.07) is 0. The number of halogens is 2. The predicted octanol–water partition coefficient (Wildman–Crippen LogP) is -9.52. The first kappa shape index (κ1) is 23.0. The SMILES string of the molecule is [2H]C([2H])(c1c[n+](C)c(C)nc1N)[n+]1csc(CO)c1C.[O-][Cl+3]([O-])([O-])[O-].[O-][Cl+3]([O-])([O-])[O-]. The molecule has 2 aromatic heterocycles. The monoisotopic (exact) mass is 466 g/mol. The van der Waals surface area contributed by atoms with E-state index in [2.05, 4.69) is 4.98 Å². The van der Waals surface area contributed by atoms with Gasteiger partial charge < -0.3 is 10.8 Å². The van der Waals surface area contributed by atoms with Gasteiger partial charge in [0.25, 0.3) is 11.6 Å². The summed E-state index contributed by atoms with van der Waals surface area (Å²) in [7, 11) is -8.09. The van der Waals surface area contributed by atoms with Crippen molar-refractivity contribution in [2.45, 2.75) is 27.0 Å². The van der Waals surface area contributed by atoms with Gasteiger partial charge in [0.1, 0.15) is 19.4 Å². The van der Waals surface area contributed by atoms with Crippen molar-refractivity contribution in [3.8, 4) is 0 Å². The van der Waals surface area contributed by atoms with Crippen LogP contribution in [-0.2, 0) is 20.2 Å². The molecule has 160 valence electrons. The van der Waals surface area contributed by atoms with Crippen LogP contribution in [0.5, 0.6) is 0 Å². The molecule has 0 fully saturated rings. The van der Waals surface area contributed by atoms with Crippen LogP contribution in [0.3, 0.4) is 0 Å². The molecular formula is C12H18Cl2N4O9S. The van der Waals surface area contributed by atoms with Gasteiger partial charge in [-0.25, -0.2) is 41.8 Å². The number of nitrogens with two attached hydrogens (primary N) is 1. The van der Waals surface area contributed by atoms with Crippen LogP contribution >= 0.6 is 11.3 Å². The summed E-state index contributed by atoms with van der Waals surface area (Å²) in [5, 5.41) is 9.24. The molecule has 0 atom stereocenters. The van der Waals surface area contributed by atoms with Gasteiger partial charge in [-0.1, -0.05) is 11.3 Å². The third-order valence-corrected chi connectivity index (χ3v) is 3.87. The van der Waals surface area contributed by atoms with Crippen LogP contribution < -0.4 is 52.1 Å². The van der Waals surface area contributed by atoms with Gasteiger partial charge in [-0.15, -0.1) is 20.5 Å². The predicted molar refractivity (Wildman–Crippen MR) is 68.8 cm³/mol.